The zero-order chi connectivity index (χ0) is 33.5. The van der Waals surface area contributed by atoms with Gasteiger partial charge in [0.05, 0.1) is 16.6 Å². The number of nitrogens with zero attached hydrogens (tertiary/aromatic N) is 1. The summed E-state index contributed by atoms with van der Waals surface area (Å²) >= 11 is 1.85. The summed E-state index contributed by atoms with van der Waals surface area (Å²) in [6.07, 6.45) is -4.43. The van der Waals surface area contributed by atoms with Crippen molar-refractivity contribution in [2.24, 2.45) is 0 Å². The molecule has 0 aliphatic heterocycles. The van der Waals surface area contributed by atoms with E-state index in [1.165, 1.54) is 65.0 Å². The molecule has 2 heterocycles. The third-order valence-corrected chi connectivity index (χ3v) is 11.4. The summed E-state index contributed by atoms with van der Waals surface area (Å²) in [6, 6.07) is 32.5. The number of thiophene rings is 1. The number of fused-ring (bicyclic) bond motifs is 8. The molecule has 1 nitrogen and oxygen atoms in total. The van der Waals surface area contributed by atoms with E-state index in [9.17, 15) is 13.2 Å². The molecule has 0 aliphatic rings. The van der Waals surface area contributed by atoms with Crippen LogP contribution in [-0.2, 0) is 17.0 Å². The molecule has 0 N–H and O–H groups in total. The van der Waals surface area contributed by atoms with E-state index in [0.717, 1.165) is 38.6 Å². The second-order valence-electron chi connectivity index (χ2n) is 15.4. The van der Waals surface area contributed by atoms with Crippen molar-refractivity contribution in [2.45, 2.75) is 58.5 Å². The zero-order valence-corrected chi connectivity index (χ0v) is 28.5. The molecule has 0 amide bonds. The second-order valence-corrected chi connectivity index (χ2v) is 16.4. The van der Waals surface area contributed by atoms with Gasteiger partial charge in [0.25, 0.3) is 0 Å². The highest BCUT2D eigenvalue weighted by Gasteiger charge is 2.31. The van der Waals surface area contributed by atoms with Gasteiger partial charge in [-0.05, 0) is 103 Å². The highest BCUT2D eigenvalue weighted by Crippen LogP contribution is 2.48. The van der Waals surface area contributed by atoms with Gasteiger partial charge in [-0.1, -0.05) is 84.0 Å². The molecule has 0 bridgehead atoms. The number of hydrogen-bond donors (Lipinski definition) is 0. The quantitative estimate of drug-likeness (QED) is 0.155. The van der Waals surface area contributed by atoms with E-state index < -0.39 is 11.7 Å². The van der Waals surface area contributed by atoms with Crippen molar-refractivity contribution >= 4 is 85.6 Å². The normalized spacial score (nSPS) is 13.5. The van der Waals surface area contributed by atoms with Crippen LogP contribution in [0.2, 0.25) is 0 Å². The van der Waals surface area contributed by atoms with Crippen molar-refractivity contribution in [1.82, 2.24) is 4.57 Å². The Hall–Kier alpha value is -4.61. The fraction of sp³-hybridized carbons (Fsp3) is 0.209. The predicted octanol–water partition coefficient (Wildman–Crippen LogP) is 13.7. The molecule has 238 valence electrons. The van der Waals surface area contributed by atoms with Crippen LogP contribution in [0.4, 0.5) is 13.2 Å². The van der Waals surface area contributed by atoms with Crippen LogP contribution in [0.5, 0.6) is 0 Å². The van der Waals surface area contributed by atoms with Crippen molar-refractivity contribution < 1.29 is 13.2 Å². The van der Waals surface area contributed by atoms with Crippen LogP contribution in [0.25, 0.3) is 80.0 Å². The molecule has 48 heavy (non-hydrogen) atoms. The Morgan fingerprint density at radius 3 is 1.85 bits per heavy atom. The largest absolute Gasteiger partial charge is 0.416 e. The molecule has 0 saturated heterocycles. The van der Waals surface area contributed by atoms with E-state index in [4.69, 9.17) is 0 Å². The second kappa shape index (κ2) is 9.51. The topological polar surface area (TPSA) is 4.93 Å². The Morgan fingerprint density at radius 2 is 1.15 bits per heavy atom. The van der Waals surface area contributed by atoms with Gasteiger partial charge in [0, 0.05) is 42.0 Å². The molecule has 0 aliphatic carbocycles. The molecular weight excluding hydrogens is 620 g/mol. The fourth-order valence-electron chi connectivity index (χ4n) is 7.71. The molecule has 0 fully saturated rings. The smallest absolute Gasteiger partial charge is 0.309 e. The van der Waals surface area contributed by atoms with Crippen LogP contribution in [0.1, 0.15) is 58.2 Å². The molecule has 9 rings (SSSR count). The molecule has 0 saturated carbocycles. The monoisotopic (exact) mass is 653 g/mol. The summed E-state index contributed by atoms with van der Waals surface area (Å²) in [4.78, 5) is 0. The Bertz CT molecular complexity index is 2780. The van der Waals surface area contributed by atoms with E-state index in [2.05, 4.69) is 114 Å². The van der Waals surface area contributed by atoms with E-state index in [1.807, 2.05) is 15.9 Å². The van der Waals surface area contributed by atoms with E-state index in [0.29, 0.717) is 5.69 Å². The molecule has 0 radical (unpaired) electrons. The van der Waals surface area contributed by atoms with Crippen molar-refractivity contribution in [3.05, 3.63) is 114 Å². The minimum Gasteiger partial charge on any atom is -0.309 e. The van der Waals surface area contributed by atoms with E-state index in [-0.39, 0.29) is 10.8 Å². The fourth-order valence-corrected chi connectivity index (χ4v) is 8.91. The van der Waals surface area contributed by atoms with Crippen molar-refractivity contribution in [1.29, 1.82) is 0 Å². The van der Waals surface area contributed by atoms with Gasteiger partial charge in [-0.15, -0.1) is 11.3 Å². The number of alkyl halides is 3. The number of benzene rings is 7. The number of aromatic nitrogens is 1. The minimum absolute atomic E-state index is 0.0596. The first-order chi connectivity index (χ1) is 22.7. The Balaban J connectivity index is 1.42. The number of halogens is 3. The van der Waals surface area contributed by atoms with Crippen molar-refractivity contribution in [2.75, 3.05) is 0 Å². The summed E-state index contributed by atoms with van der Waals surface area (Å²) in [5.41, 5.74) is 4.13. The molecule has 5 heteroatoms. The van der Waals surface area contributed by atoms with Gasteiger partial charge >= 0.3 is 6.18 Å². The third-order valence-electron chi connectivity index (χ3n) is 10.2. The standard InChI is InChI=1S/C43H34F3NS/c1-41(2,3)25-12-16-34-33(22-25)39-29-14-15-30-38-23(18-32-31-21-26(42(4,5)6)13-17-36(31)48-40(30)32)10-11-24(37(29)38)19-35(39)47(34)28-9-7-8-27(20-28)43(44,45)46/h7-22H,1-6H3. The Morgan fingerprint density at radius 1 is 0.500 bits per heavy atom. The lowest BCUT2D eigenvalue weighted by Crippen LogP contribution is -2.10. The van der Waals surface area contributed by atoms with Gasteiger partial charge in [-0.3, -0.25) is 0 Å². The molecule has 0 atom stereocenters. The minimum atomic E-state index is -4.43. The van der Waals surface area contributed by atoms with Gasteiger partial charge in [0.1, 0.15) is 0 Å². The van der Waals surface area contributed by atoms with Crippen LogP contribution >= 0.6 is 11.3 Å². The van der Waals surface area contributed by atoms with Gasteiger partial charge < -0.3 is 4.57 Å². The Kier molecular flexibility index (Phi) is 5.85. The van der Waals surface area contributed by atoms with E-state index >= 15 is 0 Å². The van der Waals surface area contributed by atoms with Crippen LogP contribution in [0, 0.1) is 0 Å². The average molecular weight is 654 g/mol. The van der Waals surface area contributed by atoms with Crippen LogP contribution in [0.3, 0.4) is 0 Å². The summed E-state index contributed by atoms with van der Waals surface area (Å²) in [5, 5.41) is 11.8. The number of rotatable bonds is 1. The summed E-state index contributed by atoms with van der Waals surface area (Å²) in [7, 11) is 0. The predicted molar refractivity (Wildman–Crippen MR) is 200 cm³/mol. The lowest BCUT2D eigenvalue weighted by molar-refractivity contribution is -0.137. The summed E-state index contributed by atoms with van der Waals surface area (Å²) in [6.45, 7) is 13.4. The average Bonchev–Trinajstić information content (AvgIpc) is 3.56. The van der Waals surface area contributed by atoms with Gasteiger partial charge in [-0.25, -0.2) is 0 Å². The van der Waals surface area contributed by atoms with Gasteiger partial charge in [0.15, 0.2) is 0 Å². The highest BCUT2D eigenvalue weighted by atomic mass is 32.1. The first-order valence-corrected chi connectivity index (χ1v) is 17.2. The molecule has 7 aromatic carbocycles. The lowest BCUT2D eigenvalue weighted by Gasteiger charge is -2.19. The van der Waals surface area contributed by atoms with Gasteiger partial charge in [-0.2, -0.15) is 13.2 Å². The Labute approximate surface area is 280 Å². The molecule has 0 spiro atoms. The maximum absolute atomic E-state index is 13.9. The molecule has 0 unspecified atom stereocenters. The van der Waals surface area contributed by atoms with Crippen molar-refractivity contribution in [3.8, 4) is 5.69 Å². The molecule has 2 aromatic heterocycles. The maximum Gasteiger partial charge on any atom is 0.416 e. The molecule has 9 aromatic rings. The van der Waals surface area contributed by atoms with Gasteiger partial charge in [0.2, 0.25) is 0 Å². The lowest BCUT2D eigenvalue weighted by atomic mass is 9.85. The SMILES string of the molecule is CC(C)(C)c1ccc2sc3c(cc4ccc5cc6c(c7ccc3c4c57)c3cc(C(C)(C)C)ccc3n6-c3cccc(C(F)(F)F)c3)c2c1. The molecular formula is C43H34F3NS. The third kappa shape index (κ3) is 4.16. The van der Waals surface area contributed by atoms with Crippen LogP contribution in [-0.4, -0.2) is 4.57 Å². The van der Waals surface area contributed by atoms with Crippen LogP contribution < -0.4 is 0 Å². The first kappa shape index (κ1) is 29.5. The summed E-state index contributed by atoms with van der Waals surface area (Å²) in [5.74, 6) is 0. The van der Waals surface area contributed by atoms with Crippen LogP contribution in [0.15, 0.2) is 97.1 Å². The van der Waals surface area contributed by atoms with E-state index in [1.54, 1.807) is 6.07 Å². The van der Waals surface area contributed by atoms with Crippen molar-refractivity contribution in [3.63, 3.8) is 0 Å². The number of hydrogen-bond acceptors (Lipinski definition) is 1. The summed E-state index contributed by atoms with van der Waals surface area (Å²) < 4.78 is 46.4. The zero-order valence-electron chi connectivity index (χ0n) is 27.7. The first-order valence-electron chi connectivity index (χ1n) is 16.4. The maximum atomic E-state index is 13.9. The highest BCUT2D eigenvalue weighted by molar-refractivity contribution is 7.26.